The Balaban J connectivity index is 1.65. The fourth-order valence-corrected chi connectivity index (χ4v) is 2.28. The summed E-state index contributed by atoms with van der Waals surface area (Å²) >= 11 is 0. The molecule has 5 heteroatoms. The molecule has 2 aromatic heterocycles. The van der Waals surface area contributed by atoms with Crippen molar-refractivity contribution in [3.63, 3.8) is 0 Å². The van der Waals surface area contributed by atoms with Crippen LogP contribution in [0.25, 0.3) is 5.69 Å². The number of rotatable bonds is 5. The van der Waals surface area contributed by atoms with E-state index in [0.717, 1.165) is 18.1 Å². The lowest BCUT2D eigenvalue weighted by Crippen LogP contribution is -2.20. The van der Waals surface area contributed by atoms with Crippen molar-refractivity contribution < 1.29 is 0 Å². The number of nitrogens with one attached hydrogen (secondary N) is 1. The molecule has 0 saturated heterocycles. The molecule has 108 valence electrons. The highest BCUT2D eigenvalue weighted by Crippen LogP contribution is 2.16. The maximum Gasteiger partial charge on any atom is 0.122 e. The summed E-state index contributed by atoms with van der Waals surface area (Å²) in [5.74, 6) is 1.04. The number of benzene rings is 1. The van der Waals surface area contributed by atoms with Crippen LogP contribution in [0.4, 0.5) is 0 Å². The Bertz CT molecular complexity index is 682. The van der Waals surface area contributed by atoms with Crippen molar-refractivity contribution in [3.05, 3.63) is 66.8 Å². The molecule has 2 heterocycles. The van der Waals surface area contributed by atoms with Crippen molar-refractivity contribution in [2.75, 3.05) is 0 Å². The zero-order valence-electron chi connectivity index (χ0n) is 12.3. The zero-order valence-corrected chi connectivity index (χ0v) is 12.3. The van der Waals surface area contributed by atoms with Crippen LogP contribution in [0.2, 0.25) is 0 Å². The second-order valence-corrected chi connectivity index (χ2v) is 5.12. The van der Waals surface area contributed by atoms with Crippen LogP contribution in [0.5, 0.6) is 0 Å². The molecule has 5 nitrogen and oxygen atoms in total. The van der Waals surface area contributed by atoms with Crippen molar-refractivity contribution in [2.24, 2.45) is 7.05 Å². The highest BCUT2D eigenvalue weighted by Gasteiger charge is 2.07. The Morgan fingerprint density at radius 1 is 1.14 bits per heavy atom. The molecule has 3 aromatic rings. The first-order chi connectivity index (χ1) is 10.2. The normalized spacial score (nSPS) is 12.5. The van der Waals surface area contributed by atoms with Gasteiger partial charge in [0.2, 0.25) is 0 Å². The van der Waals surface area contributed by atoms with E-state index in [1.165, 1.54) is 5.56 Å². The molecule has 0 aliphatic carbocycles. The third-order valence-electron chi connectivity index (χ3n) is 3.68. The van der Waals surface area contributed by atoms with Crippen molar-refractivity contribution in [2.45, 2.75) is 19.5 Å². The zero-order chi connectivity index (χ0) is 14.7. The topological polar surface area (TPSA) is 47.7 Å². The lowest BCUT2D eigenvalue weighted by molar-refractivity contribution is 0.549. The summed E-state index contributed by atoms with van der Waals surface area (Å²) in [5, 5.41) is 3.49. The number of aryl methyl sites for hydroxylation is 1. The molecule has 0 saturated carbocycles. The van der Waals surface area contributed by atoms with E-state index in [1.807, 2.05) is 34.8 Å². The fourth-order valence-electron chi connectivity index (χ4n) is 2.28. The molecule has 0 bridgehead atoms. The second-order valence-electron chi connectivity index (χ2n) is 5.12. The number of hydrogen-bond donors (Lipinski definition) is 1. The molecular weight excluding hydrogens is 262 g/mol. The molecule has 0 aliphatic rings. The van der Waals surface area contributed by atoms with Crippen molar-refractivity contribution >= 4 is 0 Å². The summed E-state index contributed by atoms with van der Waals surface area (Å²) in [4.78, 5) is 8.38. The second kappa shape index (κ2) is 5.93. The molecule has 0 spiro atoms. The molecule has 0 amide bonds. The molecule has 1 N–H and O–H groups in total. The lowest BCUT2D eigenvalue weighted by Gasteiger charge is -2.15. The van der Waals surface area contributed by atoms with Gasteiger partial charge in [0.1, 0.15) is 5.82 Å². The lowest BCUT2D eigenvalue weighted by atomic mass is 10.1. The third-order valence-corrected chi connectivity index (χ3v) is 3.68. The first kappa shape index (κ1) is 13.6. The average molecular weight is 281 g/mol. The predicted molar refractivity (Wildman–Crippen MR) is 82.0 cm³/mol. The Morgan fingerprint density at radius 3 is 2.57 bits per heavy atom. The first-order valence-corrected chi connectivity index (χ1v) is 7.02. The summed E-state index contributed by atoms with van der Waals surface area (Å²) in [6.07, 6.45) is 9.31. The molecule has 1 aromatic carbocycles. The minimum absolute atomic E-state index is 0.276. The number of hydrogen-bond acceptors (Lipinski definition) is 3. The highest BCUT2D eigenvalue weighted by atomic mass is 15.1. The van der Waals surface area contributed by atoms with E-state index in [9.17, 15) is 0 Å². The van der Waals surface area contributed by atoms with Crippen molar-refractivity contribution in [3.8, 4) is 5.69 Å². The molecule has 0 radical (unpaired) electrons. The molecule has 0 fully saturated rings. The van der Waals surface area contributed by atoms with Crippen LogP contribution in [-0.4, -0.2) is 19.1 Å². The van der Waals surface area contributed by atoms with Gasteiger partial charge < -0.3 is 14.5 Å². The van der Waals surface area contributed by atoms with Gasteiger partial charge in [-0.3, -0.25) is 0 Å². The maximum absolute atomic E-state index is 4.32. The van der Waals surface area contributed by atoms with E-state index in [2.05, 4.69) is 46.5 Å². The standard InChI is InChI=1S/C16H19N5/c1-13(19-11-16-18-8-9-20(16)2)14-3-5-15(6-4-14)21-10-7-17-12-21/h3-10,12-13,19H,11H2,1-2H3. The van der Waals surface area contributed by atoms with Gasteiger partial charge in [0.25, 0.3) is 0 Å². The third kappa shape index (κ3) is 3.03. The number of aromatic nitrogens is 4. The Labute approximate surface area is 124 Å². The van der Waals surface area contributed by atoms with E-state index in [1.54, 1.807) is 12.5 Å². The van der Waals surface area contributed by atoms with Crippen LogP contribution in [0.1, 0.15) is 24.4 Å². The summed E-state index contributed by atoms with van der Waals surface area (Å²) in [5.41, 5.74) is 2.38. The Kier molecular flexibility index (Phi) is 3.83. The van der Waals surface area contributed by atoms with E-state index < -0.39 is 0 Å². The minimum atomic E-state index is 0.276. The largest absolute Gasteiger partial charge is 0.337 e. The van der Waals surface area contributed by atoms with E-state index in [4.69, 9.17) is 0 Å². The van der Waals surface area contributed by atoms with Gasteiger partial charge >= 0.3 is 0 Å². The van der Waals surface area contributed by atoms with Crippen LogP contribution >= 0.6 is 0 Å². The Hall–Kier alpha value is -2.40. The molecule has 0 aliphatic heterocycles. The molecular formula is C16H19N5. The smallest absolute Gasteiger partial charge is 0.122 e. The first-order valence-electron chi connectivity index (χ1n) is 7.02. The van der Waals surface area contributed by atoms with Gasteiger partial charge in [-0.1, -0.05) is 12.1 Å². The highest BCUT2D eigenvalue weighted by molar-refractivity contribution is 5.35. The predicted octanol–water partition coefficient (Wildman–Crippen LogP) is 2.46. The van der Waals surface area contributed by atoms with Crippen molar-refractivity contribution in [1.82, 2.24) is 24.4 Å². The number of nitrogens with zero attached hydrogens (tertiary/aromatic N) is 4. The van der Waals surface area contributed by atoms with Gasteiger partial charge in [-0.05, 0) is 24.6 Å². The van der Waals surface area contributed by atoms with Crippen molar-refractivity contribution in [1.29, 1.82) is 0 Å². The van der Waals surface area contributed by atoms with E-state index in [-0.39, 0.29) is 6.04 Å². The van der Waals surface area contributed by atoms with Crippen LogP contribution in [0.15, 0.2) is 55.4 Å². The number of imidazole rings is 2. The molecule has 1 unspecified atom stereocenters. The van der Waals surface area contributed by atoms with Crippen LogP contribution < -0.4 is 5.32 Å². The monoisotopic (exact) mass is 281 g/mol. The van der Waals surface area contributed by atoms with E-state index in [0.29, 0.717) is 0 Å². The molecule has 21 heavy (non-hydrogen) atoms. The minimum Gasteiger partial charge on any atom is -0.337 e. The van der Waals surface area contributed by atoms with Crippen LogP contribution in [0.3, 0.4) is 0 Å². The quantitative estimate of drug-likeness (QED) is 0.781. The van der Waals surface area contributed by atoms with Gasteiger partial charge in [-0.15, -0.1) is 0 Å². The summed E-state index contributed by atoms with van der Waals surface area (Å²) < 4.78 is 4.03. The average Bonchev–Trinajstić information content (AvgIpc) is 3.17. The molecule has 1 atom stereocenters. The fraction of sp³-hybridized carbons (Fsp3) is 0.250. The summed E-state index contributed by atoms with van der Waals surface area (Å²) in [6, 6.07) is 8.78. The summed E-state index contributed by atoms with van der Waals surface area (Å²) in [7, 11) is 2.01. The van der Waals surface area contributed by atoms with Crippen LogP contribution in [-0.2, 0) is 13.6 Å². The summed E-state index contributed by atoms with van der Waals surface area (Å²) in [6.45, 7) is 2.92. The van der Waals surface area contributed by atoms with Crippen LogP contribution in [0, 0.1) is 0 Å². The van der Waals surface area contributed by atoms with Gasteiger partial charge in [0.15, 0.2) is 0 Å². The Morgan fingerprint density at radius 2 is 1.95 bits per heavy atom. The molecule has 3 rings (SSSR count). The van der Waals surface area contributed by atoms with Gasteiger partial charge in [0.05, 0.1) is 12.9 Å². The van der Waals surface area contributed by atoms with E-state index >= 15 is 0 Å². The SMILES string of the molecule is CC(NCc1nccn1C)c1ccc(-n2ccnc2)cc1. The maximum atomic E-state index is 4.32. The van der Waals surface area contributed by atoms with Gasteiger partial charge in [0, 0.05) is 43.6 Å². The van der Waals surface area contributed by atoms with Gasteiger partial charge in [-0.25, -0.2) is 9.97 Å². The van der Waals surface area contributed by atoms with Gasteiger partial charge in [-0.2, -0.15) is 0 Å².